The van der Waals surface area contributed by atoms with E-state index in [1.165, 1.54) is 53.3 Å². The van der Waals surface area contributed by atoms with E-state index >= 15 is 0 Å². The Kier molecular flexibility index (Phi) is 7.26. The number of aliphatic carboxylic acids is 1. The number of rotatable bonds is 9. The largest absolute Gasteiger partial charge is 0.477 e. The second-order valence-corrected chi connectivity index (χ2v) is 13.0. The topological polar surface area (TPSA) is 139 Å². The summed E-state index contributed by atoms with van der Waals surface area (Å²) in [5, 5.41) is 22.2. The van der Waals surface area contributed by atoms with Crippen LogP contribution in [0.15, 0.2) is 37.3 Å². The van der Waals surface area contributed by atoms with Crippen LogP contribution in [0, 0.1) is 6.92 Å². The molecule has 10 nitrogen and oxygen atoms in total. The van der Waals surface area contributed by atoms with Gasteiger partial charge in [-0.15, -0.1) is 33.3 Å². The summed E-state index contributed by atoms with van der Waals surface area (Å²) in [5.41, 5.74) is -1.25. The Labute approximate surface area is 207 Å². The maximum Gasteiger partial charge on any atom is 0.352 e. The van der Waals surface area contributed by atoms with Gasteiger partial charge in [-0.2, -0.15) is 0 Å². The Bertz CT molecular complexity index is 1150. The number of carbonyl (C=O) groups excluding carboxylic acids is 2. The van der Waals surface area contributed by atoms with Gasteiger partial charge in [-0.1, -0.05) is 29.2 Å². The fraction of sp³-hybridized carbons (Fsp3) is 0.389. The summed E-state index contributed by atoms with van der Waals surface area (Å²) in [4.78, 5) is 38.9. The number of ether oxygens (including phenoxy) is 1. The van der Waals surface area contributed by atoms with E-state index in [1.807, 2.05) is 6.92 Å². The molecule has 2 aliphatic rings. The summed E-state index contributed by atoms with van der Waals surface area (Å²) in [7, 11) is -0.277. The van der Waals surface area contributed by atoms with Gasteiger partial charge in [0.15, 0.2) is 4.34 Å². The van der Waals surface area contributed by atoms with Crippen molar-refractivity contribution in [1.82, 2.24) is 20.4 Å². The number of carboxylic acids is 1. The highest BCUT2D eigenvalue weighted by Gasteiger charge is 2.66. The molecule has 1 unspecified atom stereocenters. The first-order valence-corrected chi connectivity index (χ1v) is 14.4. The minimum absolute atomic E-state index is 0.110. The molecule has 33 heavy (non-hydrogen) atoms. The number of nitrogens with one attached hydrogen (secondary N) is 1. The van der Waals surface area contributed by atoms with Gasteiger partial charge >= 0.3 is 5.97 Å². The second-order valence-electron chi connectivity index (χ2n) is 6.88. The van der Waals surface area contributed by atoms with Crippen molar-refractivity contribution < 1.29 is 28.4 Å². The second kappa shape index (κ2) is 9.84. The maximum absolute atomic E-state index is 13.1. The van der Waals surface area contributed by atoms with E-state index in [0.717, 1.165) is 9.91 Å². The van der Waals surface area contributed by atoms with Crippen molar-refractivity contribution >= 4 is 74.8 Å². The Hall–Kier alpha value is -1.78. The number of thiophene rings is 1. The number of fused-ring (bicyclic) bond motifs is 1. The number of hydrogen-bond donors (Lipinski definition) is 2. The van der Waals surface area contributed by atoms with Gasteiger partial charge in [-0.05, 0) is 23.9 Å². The summed E-state index contributed by atoms with van der Waals surface area (Å²) in [5.74, 6) is -2.18. The first-order chi connectivity index (χ1) is 15.8. The van der Waals surface area contributed by atoms with Gasteiger partial charge in [0.05, 0.1) is 15.0 Å². The number of β-lactam (4-membered cyclic amide) rings is 1. The molecule has 0 spiro atoms. The molecule has 4 rings (SSSR count). The van der Waals surface area contributed by atoms with Gasteiger partial charge in [0, 0.05) is 18.6 Å². The van der Waals surface area contributed by atoms with Crippen molar-refractivity contribution in [2.75, 3.05) is 24.4 Å². The van der Waals surface area contributed by atoms with Crippen LogP contribution in [-0.4, -0.2) is 77.7 Å². The van der Waals surface area contributed by atoms with E-state index in [2.05, 4.69) is 15.5 Å². The molecule has 4 heterocycles. The van der Waals surface area contributed by atoms with E-state index in [-0.39, 0.29) is 11.4 Å². The highest BCUT2D eigenvalue weighted by atomic mass is 32.2. The van der Waals surface area contributed by atoms with Gasteiger partial charge in [-0.25, -0.2) is 4.79 Å². The highest BCUT2D eigenvalue weighted by Crippen LogP contribution is 2.47. The zero-order valence-corrected chi connectivity index (χ0v) is 21.4. The fourth-order valence-electron chi connectivity index (χ4n) is 3.37. The fourth-order valence-corrected chi connectivity index (χ4v) is 8.66. The molecule has 2 N–H and O–H groups in total. The molecule has 0 bridgehead atoms. The molecule has 3 atom stereocenters. The zero-order chi connectivity index (χ0) is 23.8. The van der Waals surface area contributed by atoms with Crippen LogP contribution in [0.1, 0.15) is 5.01 Å². The number of aryl methyl sites for hydroxylation is 1. The molecule has 1 fully saturated rings. The molecule has 0 aliphatic carbocycles. The van der Waals surface area contributed by atoms with Crippen LogP contribution in [0.4, 0.5) is 0 Å². The number of nitrogens with zero attached hydrogens (tertiary/aromatic N) is 3. The van der Waals surface area contributed by atoms with Crippen LogP contribution in [0.3, 0.4) is 0 Å². The van der Waals surface area contributed by atoms with Crippen LogP contribution in [0.25, 0.3) is 0 Å². The van der Waals surface area contributed by atoms with Crippen molar-refractivity contribution in [3.05, 3.63) is 33.8 Å². The summed E-state index contributed by atoms with van der Waals surface area (Å²) in [6.07, 6.45) is 0. The molecule has 0 saturated carbocycles. The lowest BCUT2D eigenvalue weighted by Crippen LogP contribution is -2.80. The molecule has 2 aromatic heterocycles. The first-order valence-electron chi connectivity index (χ1n) is 9.38. The van der Waals surface area contributed by atoms with Gasteiger partial charge in [-0.3, -0.25) is 18.7 Å². The van der Waals surface area contributed by atoms with Gasteiger partial charge in [0.2, 0.25) is 5.91 Å². The lowest BCUT2D eigenvalue weighted by molar-refractivity contribution is -0.192. The average Bonchev–Trinajstić information content (AvgIpc) is 3.47. The monoisotopic (exact) mass is 546 g/mol. The smallest absolute Gasteiger partial charge is 0.352 e. The normalized spacial score (nSPS) is 23.2. The average molecular weight is 547 g/mol. The predicted molar refractivity (Wildman–Crippen MR) is 127 cm³/mol. The van der Waals surface area contributed by atoms with Crippen LogP contribution in [-0.2, 0) is 29.9 Å². The quantitative estimate of drug-likeness (QED) is 0.270. The van der Waals surface area contributed by atoms with Gasteiger partial charge in [0.25, 0.3) is 11.6 Å². The summed E-state index contributed by atoms with van der Waals surface area (Å²) in [6, 6.07) is 3.40. The third kappa shape index (κ3) is 4.61. The molecule has 1 saturated heterocycles. The summed E-state index contributed by atoms with van der Waals surface area (Å²) < 4.78 is 19.0. The van der Waals surface area contributed by atoms with E-state index in [1.54, 1.807) is 17.5 Å². The molecule has 15 heteroatoms. The minimum Gasteiger partial charge on any atom is -0.477 e. The Morgan fingerprint density at radius 3 is 2.85 bits per heavy atom. The maximum atomic E-state index is 13.1. The van der Waals surface area contributed by atoms with E-state index in [4.69, 9.17) is 4.74 Å². The lowest BCUT2D eigenvalue weighted by Gasteiger charge is -2.55. The SMILES string of the molecule is CO[C@@]1(NC(=O)CS(=O)c2cccs2)C(=O)N2C(C(=O)O)=C(CSc3nnc(C)s3)CS[C@H]21. The predicted octanol–water partition coefficient (Wildman–Crippen LogP) is 1.52. The Morgan fingerprint density at radius 2 is 2.24 bits per heavy atom. The lowest BCUT2D eigenvalue weighted by atomic mass is 9.98. The number of methoxy groups -OCH3 is 1. The number of amides is 2. The van der Waals surface area contributed by atoms with Crippen molar-refractivity contribution in [2.24, 2.45) is 0 Å². The number of carboxylic acid groups (broad SMARTS) is 1. The molecule has 2 aromatic rings. The van der Waals surface area contributed by atoms with Gasteiger partial charge < -0.3 is 15.2 Å². The van der Waals surface area contributed by atoms with Crippen molar-refractivity contribution in [1.29, 1.82) is 0 Å². The zero-order valence-electron chi connectivity index (χ0n) is 17.3. The van der Waals surface area contributed by atoms with Crippen LogP contribution >= 0.6 is 46.2 Å². The molecule has 0 aromatic carbocycles. The van der Waals surface area contributed by atoms with Gasteiger partial charge in [0.1, 0.15) is 21.8 Å². The molecule has 2 amide bonds. The van der Waals surface area contributed by atoms with E-state index in [0.29, 0.717) is 25.6 Å². The summed E-state index contributed by atoms with van der Waals surface area (Å²) in [6.45, 7) is 1.83. The van der Waals surface area contributed by atoms with Crippen LogP contribution < -0.4 is 5.32 Å². The Balaban J connectivity index is 1.50. The number of thioether (sulfide) groups is 2. The van der Waals surface area contributed by atoms with Crippen molar-refractivity contribution in [2.45, 2.75) is 26.6 Å². The molecule has 2 aliphatic heterocycles. The van der Waals surface area contributed by atoms with Crippen molar-refractivity contribution in [3.8, 4) is 0 Å². The summed E-state index contributed by atoms with van der Waals surface area (Å²) >= 11 is 5.34. The highest BCUT2D eigenvalue weighted by molar-refractivity contribution is 8.01. The number of aromatic nitrogens is 2. The standard InChI is InChI=1S/C18H18N4O6S5/c1-9-20-21-17(32-9)31-7-10-6-30-16-18(28-2,15(26)22(16)13(10)14(24)25)19-11(23)8-33(27)12-4-3-5-29-12/h3-5,16H,6-8H2,1-2H3,(H,19,23)(H,24,25)/t16-,18-,33?/m0/s1. The molecular formula is C18H18N4O6S5. The third-order valence-electron chi connectivity index (χ3n) is 4.82. The Morgan fingerprint density at radius 1 is 1.45 bits per heavy atom. The van der Waals surface area contributed by atoms with Crippen molar-refractivity contribution in [3.63, 3.8) is 0 Å². The first kappa shape index (κ1) is 24.3. The minimum atomic E-state index is -1.71. The molecule has 176 valence electrons. The van der Waals surface area contributed by atoms with Crippen LogP contribution in [0.2, 0.25) is 0 Å². The van der Waals surface area contributed by atoms with Crippen LogP contribution in [0.5, 0.6) is 0 Å². The number of carbonyl (C=O) groups is 3. The third-order valence-corrected chi connectivity index (χ3v) is 10.9. The number of hydrogen-bond acceptors (Lipinski definition) is 11. The van der Waals surface area contributed by atoms with E-state index < -0.39 is 39.7 Å². The molecule has 0 radical (unpaired) electrons. The molecular weight excluding hydrogens is 529 g/mol. The van der Waals surface area contributed by atoms with E-state index in [9.17, 15) is 23.7 Å².